The Morgan fingerprint density at radius 3 is 2.66 bits per heavy atom. The second-order valence-corrected chi connectivity index (χ2v) is 6.34. The normalized spacial score (nSPS) is 10.8. The van der Waals surface area contributed by atoms with Gasteiger partial charge in [0.1, 0.15) is 17.3 Å². The number of rotatable bonds is 4. The molecule has 10 nitrogen and oxygen atoms in total. The Bertz CT molecular complexity index is 1320. The van der Waals surface area contributed by atoms with Gasteiger partial charge in [0.2, 0.25) is 0 Å². The van der Waals surface area contributed by atoms with Gasteiger partial charge in [-0.25, -0.2) is 14.3 Å². The Morgan fingerprint density at radius 2 is 1.93 bits per heavy atom. The Morgan fingerprint density at radius 1 is 1.17 bits per heavy atom. The third-order valence-corrected chi connectivity index (χ3v) is 4.35. The van der Waals surface area contributed by atoms with Crippen LogP contribution in [0.4, 0.5) is 5.69 Å². The molecule has 0 atom stereocenters. The molecule has 0 aliphatic carbocycles. The molecule has 0 aliphatic heterocycles. The van der Waals surface area contributed by atoms with Gasteiger partial charge in [0, 0.05) is 11.1 Å². The maximum atomic E-state index is 12.7. The molecule has 144 valence electrons. The molecule has 0 aliphatic rings. The average molecular weight is 411 g/mol. The summed E-state index contributed by atoms with van der Waals surface area (Å²) < 4.78 is 2.33. The number of hydrogen-bond donors (Lipinski definition) is 1. The first-order chi connectivity index (χ1) is 14.0. The number of hydrogen-bond acceptors (Lipinski definition) is 6. The van der Waals surface area contributed by atoms with Crippen molar-refractivity contribution in [3.8, 4) is 5.69 Å². The fourth-order valence-electron chi connectivity index (χ4n) is 2.77. The minimum absolute atomic E-state index is 0.144. The molecule has 0 radical (unpaired) electrons. The molecule has 2 heterocycles. The molecule has 0 fully saturated rings. The number of nitro benzene ring substituents is 1. The predicted octanol–water partition coefficient (Wildman–Crippen LogP) is 2.53. The van der Waals surface area contributed by atoms with Crippen molar-refractivity contribution in [3.05, 3.63) is 92.1 Å². The van der Waals surface area contributed by atoms with Crippen LogP contribution >= 0.6 is 11.6 Å². The first-order valence-electron chi connectivity index (χ1n) is 8.22. The maximum absolute atomic E-state index is 12.7. The second-order valence-electron chi connectivity index (χ2n) is 5.91. The van der Waals surface area contributed by atoms with E-state index in [-0.39, 0.29) is 16.0 Å². The van der Waals surface area contributed by atoms with Crippen molar-refractivity contribution in [2.75, 3.05) is 5.43 Å². The van der Waals surface area contributed by atoms with Gasteiger partial charge in [-0.15, -0.1) is 0 Å². The van der Waals surface area contributed by atoms with E-state index < -0.39 is 22.1 Å². The van der Waals surface area contributed by atoms with Crippen LogP contribution < -0.4 is 11.0 Å². The number of nitro groups is 1. The standard InChI is InChI=1S/C18H11ClN6O4/c19-11-6-7-15(25(28)29)13(8-11)17(26)22-23-10-20-16-14(18(23)27)9-21-24(16)12-4-2-1-3-5-12/h1-10H,(H,22,26). The van der Waals surface area contributed by atoms with Crippen molar-refractivity contribution in [3.63, 3.8) is 0 Å². The summed E-state index contributed by atoms with van der Waals surface area (Å²) >= 11 is 5.84. The van der Waals surface area contributed by atoms with E-state index in [1.165, 1.54) is 16.9 Å². The summed E-state index contributed by atoms with van der Waals surface area (Å²) in [5, 5.41) is 15.6. The zero-order valence-corrected chi connectivity index (χ0v) is 15.3. The molecule has 0 unspecified atom stereocenters. The molecule has 0 spiro atoms. The van der Waals surface area contributed by atoms with Gasteiger partial charge < -0.3 is 0 Å². The number of amides is 1. The van der Waals surface area contributed by atoms with Gasteiger partial charge in [0.15, 0.2) is 5.65 Å². The smallest absolute Gasteiger partial charge is 0.267 e. The van der Waals surface area contributed by atoms with E-state index in [4.69, 9.17) is 11.6 Å². The van der Waals surface area contributed by atoms with Crippen LogP contribution in [0, 0.1) is 10.1 Å². The number of halogens is 1. The highest BCUT2D eigenvalue weighted by molar-refractivity contribution is 6.31. The largest absolute Gasteiger partial charge is 0.283 e. The number of para-hydroxylation sites is 1. The molecule has 0 saturated carbocycles. The number of aromatic nitrogens is 4. The second kappa shape index (κ2) is 7.17. The zero-order valence-electron chi connectivity index (χ0n) is 14.5. The summed E-state index contributed by atoms with van der Waals surface area (Å²) in [5.41, 5.74) is 2.00. The van der Waals surface area contributed by atoms with E-state index in [0.29, 0.717) is 11.3 Å². The molecule has 4 aromatic rings. The summed E-state index contributed by atoms with van der Waals surface area (Å²) in [6.07, 6.45) is 2.45. The monoisotopic (exact) mass is 410 g/mol. The Hall–Kier alpha value is -4.05. The van der Waals surface area contributed by atoms with Crippen LogP contribution in [0.3, 0.4) is 0 Å². The first-order valence-corrected chi connectivity index (χ1v) is 8.59. The van der Waals surface area contributed by atoms with Crippen LogP contribution in [0.1, 0.15) is 10.4 Å². The summed E-state index contributed by atoms with van der Waals surface area (Å²) in [7, 11) is 0. The van der Waals surface area contributed by atoms with Gasteiger partial charge in [-0.1, -0.05) is 29.8 Å². The van der Waals surface area contributed by atoms with Crippen molar-refractivity contribution in [1.29, 1.82) is 0 Å². The lowest BCUT2D eigenvalue weighted by atomic mass is 10.1. The Labute approximate surface area is 167 Å². The SMILES string of the molecule is O=C(Nn1cnc2c(cnn2-c2ccccc2)c1=O)c1cc(Cl)ccc1[N+](=O)[O-]. The van der Waals surface area contributed by atoms with Gasteiger partial charge in [0.25, 0.3) is 17.2 Å². The van der Waals surface area contributed by atoms with Crippen LogP contribution in [0.2, 0.25) is 5.02 Å². The summed E-state index contributed by atoms with van der Waals surface area (Å²) in [5.74, 6) is -0.877. The Kier molecular flexibility index (Phi) is 4.53. The van der Waals surface area contributed by atoms with Crippen LogP contribution in [0.15, 0.2) is 65.8 Å². The Balaban J connectivity index is 1.72. The van der Waals surface area contributed by atoms with Gasteiger partial charge in [0.05, 0.1) is 16.8 Å². The van der Waals surface area contributed by atoms with Crippen molar-refractivity contribution in [2.45, 2.75) is 0 Å². The van der Waals surface area contributed by atoms with E-state index in [1.54, 1.807) is 12.1 Å². The number of nitrogens with zero attached hydrogens (tertiary/aromatic N) is 5. The van der Waals surface area contributed by atoms with E-state index in [2.05, 4.69) is 15.5 Å². The highest BCUT2D eigenvalue weighted by Gasteiger charge is 2.21. The lowest BCUT2D eigenvalue weighted by Gasteiger charge is -2.09. The molecule has 0 saturated heterocycles. The fourth-order valence-corrected chi connectivity index (χ4v) is 2.94. The average Bonchev–Trinajstić information content (AvgIpc) is 3.15. The van der Waals surface area contributed by atoms with Crippen LogP contribution in [-0.4, -0.2) is 30.3 Å². The lowest BCUT2D eigenvalue weighted by Crippen LogP contribution is -2.33. The number of carbonyl (C=O) groups is 1. The van der Waals surface area contributed by atoms with Gasteiger partial charge in [-0.3, -0.25) is 25.1 Å². The number of nitrogens with one attached hydrogen (secondary N) is 1. The van der Waals surface area contributed by atoms with E-state index >= 15 is 0 Å². The van der Waals surface area contributed by atoms with Gasteiger partial charge in [-0.2, -0.15) is 5.10 Å². The highest BCUT2D eigenvalue weighted by Crippen LogP contribution is 2.22. The molecule has 4 rings (SSSR count). The summed E-state index contributed by atoms with van der Waals surface area (Å²) in [4.78, 5) is 39.9. The summed E-state index contributed by atoms with van der Waals surface area (Å²) in [6.45, 7) is 0. The number of fused-ring (bicyclic) bond motifs is 1. The predicted molar refractivity (Wildman–Crippen MR) is 105 cm³/mol. The van der Waals surface area contributed by atoms with Crippen molar-refractivity contribution < 1.29 is 9.72 Å². The minimum Gasteiger partial charge on any atom is -0.267 e. The van der Waals surface area contributed by atoms with Crippen LogP contribution in [0.5, 0.6) is 0 Å². The number of carbonyl (C=O) groups excluding carboxylic acids is 1. The molecule has 0 bridgehead atoms. The molecule has 1 N–H and O–H groups in total. The van der Waals surface area contributed by atoms with Crippen LogP contribution in [-0.2, 0) is 0 Å². The third-order valence-electron chi connectivity index (χ3n) is 4.11. The van der Waals surface area contributed by atoms with Gasteiger partial charge in [-0.05, 0) is 24.3 Å². The van der Waals surface area contributed by atoms with Gasteiger partial charge >= 0.3 is 0 Å². The molecular formula is C18H11ClN6O4. The molecular weight excluding hydrogens is 400 g/mol. The quantitative estimate of drug-likeness (QED) is 0.407. The lowest BCUT2D eigenvalue weighted by molar-refractivity contribution is -0.385. The van der Waals surface area contributed by atoms with E-state index in [9.17, 15) is 19.7 Å². The minimum atomic E-state index is -0.877. The van der Waals surface area contributed by atoms with Crippen molar-refractivity contribution in [2.24, 2.45) is 0 Å². The molecule has 29 heavy (non-hydrogen) atoms. The fraction of sp³-hybridized carbons (Fsp3) is 0. The molecule has 11 heteroatoms. The van der Waals surface area contributed by atoms with E-state index in [1.807, 2.05) is 18.2 Å². The van der Waals surface area contributed by atoms with E-state index in [0.717, 1.165) is 23.1 Å². The van der Waals surface area contributed by atoms with Crippen molar-refractivity contribution in [1.82, 2.24) is 19.4 Å². The zero-order chi connectivity index (χ0) is 20.5. The topological polar surface area (TPSA) is 125 Å². The maximum Gasteiger partial charge on any atom is 0.283 e. The molecule has 2 aromatic carbocycles. The van der Waals surface area contributed by atoms with Crippen molar-refractivity contribution >= 4 is 34.2 Å². The molecule has 2 aromatic heterocycles. The summed E-state index contributed by atoms with van der Waals surface area (Å²) in [6, 6.07) is 12.7. The number of benzene rings is 2. The van der Waals surface area contributed by atoms with Crippen LogP contribution in [0.25, 0.3) is 16.7 Å². The third kappa shape index (κ3) is 3.32. The highest BCUT2D eigenvalue weighted by atomic mass is 35.5. The first kappa shape index (κ1) is 18.3. The molecule has 1 amide bonds.